The number of ether oxygens (including phenoxy) is 1. The van der Waals surface area contributed by atoms with E-state index in [0.29, 0.717) is 19.1 Å². The molecule has 2 atom stereocenters. The number of hydrogen-bond donors (Lipinski definition) is 0. The summed E-state index contributed by atoms with van der Waals surface area (Å²) in [7, 11) is 0. The van der Waals surface area contributed by atoms with Gasteiger partial charge in [0.05, 0.1) is 25.3 Å². The Bertz CT molecular complexity index is 333. The van der Waals surface area contributed by atoms with E-state index >= 15 is 0 Å². The SMILES string of the molecule is CC(C)C(=O)N1C2C=C(C(C)C)CC1COC2. The highest BCUT2D eigenvalue weighted by molar-refractivity contribution is 5.79. The minimum absolute atomic E-state index is 0.0760. The molecule has 0 N–H and O–H groups in total. The van der Waals surface area contributed by atoms with Gasteiger partial charge in [-0.05, 0) is 12.3 Å². The van der Waals surface area contributed by atoms with Gasteiger partial charge in [0.25, 0.3) is 0 Å². The maximum Gasteiger partial charge on any atom is 0.226 e. The lowest BCUT2D eigenvalue weighted by molar-refractivity contribution is -0.147. The Morgan fingerprint density at radius 3 is 2.59 bits per heavy atom. The molecule has 2 bridgehead atoms. The molecule has 1 amide bonds. The lowest BCUT2D eigenvalue weighted by Gasteiger charge is -2.46. The summed E-state index contributed by atoms with van der Waals surface area (Å²) in [6.45, 7) is 9.75. The van der Waals surface area contributed by atoms with Gasteiger partial charge in [0.2, 0.25) is 5.91 Å². The van der Waals surface area contributed by atoms with Crippen LogP contribution < -0.4 is 0 Å². The van der Waals surface area contributed by atoms with Gasteiger partial charge < -0.3 is 9.64 Å². The zero-order valence-corrected chi connectivity index (χ0v) is 11.3. The first-order valence-electron chi connectivity index (χ1n) is 6.61. The van der Waals surface area contributed by atoms with Gasteiger partial charge in [-0.2, -0.15) is 0 Å². The normalized spacial score (nSPS) is 28.6. The standard InChI is InChI=1S/C14H23NO2/c1-9(2)11-5-12-7-17-8-13(6-11)15(12)14(16)10(3)4/h5,9-10,12-13H,6-8H2,1-4H3. The molecular formula is C14H23NO2. The van der Waals surface area contributed by atoms with E-state index in [1.54, 1.807) is 0 Å². The highest BCUT2D eigenvalue weighted by atomic mass is 16.5. The Morgan fingerprint density at radius 2 is 2.06 bits per heavy atom. The van der Waals surface area contributed by atoms with E-state index in [2.05, 4.69) is 24.8 Å². The third kappa shape index (κ3) is 2.39. The van der Waals surface area contributed by atoms with Gasteiger partial charge in [0.15, 0.2) is 0 Å². The quantitative estimate of drug-likeness (QED) is 0.689. The number of fused-ring (bicyclic) bond motifs is 2. The van der Waals surface area contributed by atoms with E-state index in [-0.39, 0.29) is 23.9 Å². The van der Waals surface area contributed by atoms with Gasteiger partial charge in [0, 0.05) is 5.92 Å². The molecule has 0 aromatic heterocycles. The van der Waals surface area contributed by atoms with Crippen molar-refractivity contribution in [3.8, 4) is 0 Å². The van der Waals surface area contributed by atoms with Gasteiger partial charge in [-0.1, -0.05) is 39.3 Å². The average molecular weight is 237 g/mol. The molecule has 96 valence electrons. The lowest BCUT2D eigenvalue weighted by Crippen LogP contribution is -2.57. The zero-order chi connectivity index (χ0) is 12.6. The highest BCUT2D eigenvalue weighted by Crippen LogP contribution is 2.31. The van der Waals surface area contributed by atoms with Gasteiger partial charge >= 0.3 is 0 Å². The molecule has 2 unspecified atom stereocenters. The van der Waals surface area contributed by atoms with E-state index in [0.717, 1.165) is 6.42 Å². The van der Waals surface area contributed by atoms with Crippen molar-refractivity contribution in [1.82, 2.24) is 4.90 Å². The summed E-state index contributed by atoms with van der Waals surface area (Å²) < 4.78 is 5.59. The Morgan fingerprint density at radius 1 is 1.35 bits per heavy atom. The van der Waals surface area contributed by atoms with Gasteiger partial charge in [-0.15, -0.1) is 0 Å². The third-order valence-corrected chi connectivity index (χ3v) is 3.72. The van der Waals surface area contributed by atoms with Crippen LogP contribution in [0.2, 0.25) is 0 Å². The minimum Gasteiger partial charge on any atom is -0.377 e. The van der Waals surface area contributed by atoms with E-state index in [1.807, 2.05) is 13.8 Å². The zero-order valence-electron chi connectivity index (χ0n) is 11.3. The fraction of sp³-hybridized carbons (Fsp3) is 0.786. The summed E-state index contributed by atoms with van der Waals surface area (Å²) in [5.41, 5.74) is 1.48. The van der Waals surface area contributed by atoms with Gasteiger partial charge in [-0.25, -0.2) is 0 Å². The maximum absolute atomic E-state index is 12.2. The van der Waals surface area contributed by atoms with Crippen molar-refractivity contribution in [3.63, 3.8) is 0 Å². The topological polar surface area (TPSA) is 29.5 Å². The summed E-state index contributed by atoms with van der Waals surface area (Å²) in [6, 6.07) is 0.417. The molecule has 2 aliphatic heterocycles. The van der Waals surface area contributed by atoms with Crippen molar-refractivity contribution in [2.24, 2.45) is 11.8 Å². The van der Waals surface area contributed by atoms with Crippen LogP contribution in [0.15, 0.2) is 11.6 Å². The predicted molar refractivity (Wildman–Crippen MR) is 67.6 cm³/mol. The Labute approximate surface area is 104 Å². The largest absolute Gasteiger partial charge is 0.377 e. The second kappa shape index (κ2) is 4.81. The second-order valence-electron chi connectivity index (χ2n) is 5.76. The predicted octanol–water partition coefficient (Wildman–Crippen LogP) is 2.22. The molecule has 0 aromatic rings. The molecule has 1 saturated heterocycles. The van der Waals surface area contributed by atoms with Crippen molar-refractivity contribution >= 4 is 5.91 Å². The van der Waals surface area contributed by atoms with E-state index in [1.165, 1.54) is 5.57 Å². The molecule has 0 radical (unpaired) electrons. The first-order chi connectivity index (χ1) is 8.00. The van der Waals surface area contributed by atoms with Crippen molar-refractivity contribution in [3.05, 3.63) is 11.6 Å². The average Bonchev–Trinajstić information content (AvgIpc) is 2.25. The van der Waals surface area contributed by atoms with Crippen molar-refractivity contribution in [2.75, 3.05) is 13.2 Å². The van der Waals surface area contributed by atoms with Crippen LogP contribution in [0, 0.1) is 11.8 Å². The Hall–Kier alpha value is -0.830. The van der Waals surface area contributed by atoms with Crippen LogP contribution in [0.3, 0.4) is 0 Å². The van der Waals surface area contributed by atoms with Gasteiger partial charge in [-0.3, -0.25) is 4.79 Å². The number of carbonyl (C=O) groups is 1. The van der Waals surface area contributed by atoms with Crippen molar-refractivity contribution < 1.29 is 9.53 Å². The molecule has 0 aliphatic carbocycles. The van der Waals surface area contributed by atoms with Crippen LogP contribution in [-0.4, -0.2) is 36.1 Å². The number of carbonyl (C=O) groups excluding carboxylic acids is 1. The van der Waals surface area contributed by atoms with Crippen LogP contribution >= 0.6 is 0 Å². The Balaban J connectivity index is 2.23. The van der Waals surface area contributed by atoms with Crippen LogP contribution in [0.5, 0.6) is 0 Å². The maximum atomic E-state index is 12.2. The fourth-order valence-electron chi connectivity index (χ4n) is 2.70. The van der Waals surface area contributed by atoms with Crippen LogP contribution in [-0.2, 0) is 9.53 Å². The molecule has 17 heavy (non-hydrogen) atoms. The minimum atomic E-state index is 0.0760. The highest BCUT2D eigenvalue weighted by Gasteiger charge is 2.38. The summed E-state index contributed by atoms with van der Waals surface area (Å²) >= 11 is 0. The lowest BCUT2D eigenvalue weighted by atomic mass is 9.87. The number of hydrogen-bond acceptors (Lipinski definition) is 2. The molecule has 2 rings (SSSR count). The molecule has 2 heterocycles. The monoisotopic (exact) mass is 237 g/mol. The van der Waals surface area contributed by atoms with E-state index in [4.69, 9.17) is 4.74 Å². The molecule has 1 fully saturated rings. The first-order valence-corrected chi connectivity index (χ1v) is 6.61. The van der Waals surface area contributed by atoms with E-state index in [9.17, 15) is 4.79 Å². The number of morpholine rings is 1. The fourth-order valence-corrected chi connectivity index (χ4v) is 2.70. The summed E-state index contributed by atoms with van der Waals surface area (Å²) in [5, 5.41) is 0. The third-order valence-electron chi connectivity index (χ3n) is 3.72. The molecule has 0 spiro atoms. The Kier molecular flexibility index (Phi) is 3.57. The summed E-state index contributed by atoms with van der Waals surface area (Å²) in [6.07, 6.45) is 3.23. The molecule has 0 aromatic carbocycles. The first kappa shape index (κ1) is 12.6. The molecule has 3 nitrogen and oxygen atoms in total. The molecule has 2 aliphatic rings. The van der Waals surface area contributed by atoms with Gasteiger partial charge in [0.1, 0.15) is 0 Å². The molecule has 3 heteroatoms. The number of amides is 1. The summed E-state index contributed by atoms with van der Waals surface area (Å²) in [4.78, 5) is 14.3. The van der Waals surface area contributed by atoms with Crippen molar-refractivity contribution in [1.29, 1.82) is 0 Å². The molecular weight excluding hydrogens is 214 g/mol. The smallest absolute Gasteiger partial charge is 0.226 e. The molecule has 0 saturated carbocycles. The van der Waals surface area contributed by atoms with Crippen LogP contribution in [0.1, 0.15) is 34.1 Å². The number of nitrogens with zero attached hydrogens (tertiary/aromatic N) is 1. The van der Waals surface area contributed by atoms with Crippen LogP contribution in [0.4, 0.5) is 0 Å². The van der Waals surface area contributed by atoms with Crippen molar-refractivity contribution in [2.45, 2.75) is 46.2 Å². The summed E-state index contributed by atoms with van der Waals surface area (Å²) in [5.74, 6) is 0.920. The van der Waals surface area contributed by atoms with E-state index < -0.39 is 0 Å². The second-order valence-corrected chi connectivity index (χ2v) is 5.76. The van der Waals surface area contributed by atoms with Crippen LogP contribution in [0.25, 0.3) is 0 Å². The number of rotatable bonds is 2.